The monoisotopic (exact) mass is 472 g/mol. The largest absolute Gasteiger partial charge is 0.480 e. The van der Waals surface area contributed by atoms with E-state index in [9.17, 15) is 23.6 Å². The number of carbonyl (C=O) groups excluding carboxylic acids is 3. The molecule has 0 bridgehead atoms. The lowest BCUT2D eigenvalue weighted by Gasteiger charge is -2.33. The lowest BCUT2D eigenvalue weighted by molar-refractivity contribution is -0.138. The highest BCUT2D eigenvalue weighted by Gasteiger charge is 2.36. The number of benzene rings is 2. The predicted octanol–water partition coefficient (Wildman–Crippen LogP) is 1.83. The van der Waals surface area contributed by atoms with Gasteiger partial charge in [-0.2, -0.15) is 0 Å². The van der Waals surface area contributed by atoms with Crippen LogP contribution in [-0.2, 0) is 14.4 Å². The third kappa shape index (κ3) is 7.88. The van der Waals surface area contributed by atoms with E-state index >= 15 is 0 Å². The highest BCUT2D eigenvalue weighted by Crippen LogP contribution is 2.22. The van der Waals surface area contributed by atoms with Crippen molar-refractivity contribution in [2.75, 3.05) is 25.0 Å². The molecule has 0 aromatic heterocycles. The summed E-state index contributed by atoms with van der Waals surface area (Å²) in [4.78, 5) is 48.2. The summed E-state index contributed by atoms with van der Waals surface area (Å²) in [6.45, 7) is 2.66. The minimum atomic E-state index is -1.17. The van der Waals surface area contributed by atoms with Gasteiger partial charge in [-0.15, -0.1) is 0 Å². The molecular formula is C24H29FN4O5. The highest BCUT2D eigenvalue weighted by molar-refractivity contribution is 5.96. The van der Waals surface area contributed by atoms with Crippen LogP contribution in [0.1, 0.15) is 35.7 Å². The Morgan fingerprint density at radius 1 is 0.971 bits per heavy atom. The van der Waals surface area contributed by atoms with Crippen molar-refractivity contribution < 1.29 is 28.7 Å². The first-order valence-electron chi connectivity index (χ1n) is 10.8. The summed E-state index contributed by atoms with van der Waals surface area (Å²) in [5.41, 5.74) is 0.181. The zero-order chi connectivity index (χ0) is 25.1. The first-order valence-corrected chi connectivity index (χ1v) is 10.8. The summed E-state index contributed by atoms with van der Waals surface area (Å²) < 4.78 is 13.5. The highest BCUT2D eigenvalue weighted by atomic mass is 19.1. The first-order chi connectivity index (χ1) is 16.1. The van der Waals surface area contributed by atoms with Crippen LogP contribution in [0.4, 0.5) is 10.1 Å². The Morgan fingerprint density at radius 3 is 2.29 bits per heavy atom. The normalized spacial score (nSPS) is 12.2. The van der Waals surface area contributed by atoms with E-state index < -0.39 is 41.6 Å². The van der Waals surface area contributed by atoms with Crippen LogP contribution in [-0.4, -0.2) is 54.0 Å². The van der Waals surface area contributed by atoms with Crippen LogP contribution in [0.5, 0.6) is 0 Å². The molecule has 1 atom stereocenters. The van der Waals surface area contributed by atoms with Gasteiger partial charge in [0.05, 0.1) is 6.54 Å². The molecule has 5 N–H and O–H groups in total. The molecule has 1 unspecified atom stereocenters. The molecule has 0 aliphatic carbocycles. The molecule has 2 aromatic rings. The molecule has 0 heterocycles. The number of amides is 3. The fourth-order valence-electron chi connectivity index (χ4n) is 3.39. The van der Waals surface area contributed by atoms with Crippen molar-refractivity contribution in [2.45, 2.75) is 32.2 Å². The molecule has 0 aliphatic rings. The SMILES string of the molecule is CCC(CCNC(=O)CNC(=O)c1cc(C)cc(F)c1)(Nc1ccccc1)C(=O)NCC(=O)O. The lowest BCUT2D eigenvalue weighted by Crippen LogP contribution is -2.54. The van der Waals surface area contributed by atoms with Crippen LogP contribution in [0.3, 0.4) is 0 Å². The standard InChI is InChI=1S/C24H29FN4O5/c1-3-24(23(34)28-15-21(31)32,29-19-7-5-4-6-8-19)9-10-26-20(30)14-27-22(33)17-11-16(2)12-18(25)13-17/h4-8,11-13,29H,3,9-10,14-15H2,1-2H3,(H,26,30)(H,27,33)(H,28,34)(H,31,32). The minimum absolute atomic E-state index is 0.0853. The molecule has 0 radical (unpaired) electrons. The summed E-state index contributed by atoms with van der Waals surface area (Å²) >= 11 is 0. The average Bonchev–Trinajstić information content (AvgIpc) is 2.80. The zero-order valence-corrected chi connectivity index (χ0v) is 19.1. The second kappa shape index (κ2) is 12.3. The fourth-order valence-corrected chi connectivity index (χ4v) is 3.39. The molecular weight excluding hydrogens is 443 g/mol. The van der Waals surface area contributed by atoms with E-state index in [1.165, 1.54) is 12.1 Å². The second-order valence-electron chi connectivity index (χ2n) is 7.80. The molecule has 2 aromatic carbocycles. The molecule has 0 saturated carbocycles. The van der Waals surface area contributed by atoms with E-state index in [2.05, 4.69) is 21.3 Å². The van der Waals surface area contributed by atoms with Crippen LogP contribution >= 0.6 is 0 Å². The smallest absolute Gasteiger partial charge is 0.322 e. The minimum Gasteiger partial charge on any atom is -0.480 e. The Labute approximate surface area is 197 Å². The molecule has 0 spiro atoms. The number of para-hydroxylation sites is 1. The van der Waals surface area contributed by atoms with Crippen molar-refractivity contribution in [3.8, 4) is 0 Å². The second-order valence-corrected chi connectivity index (χ2v) is 7.80. The maximum Gasteiger partial charge on any atom is 0.322 e. The van der Waals surface area contributed by atoms with Crippen molar-refractivity contribution in [3.05, 3.63) is 65.5 Å². The third-order valence-corrected chi connectivity index (χ3v) is 5.18. The van der Waals surface area contributed by atoms with Gasteiger partial charge >= 0.3 is 5.97 Å². The first kappa shape index (κ1) is 26.3. The molecule has 0 aliphatic heterocycles. The van der Waals surface area contributed by atoms with E-state index in [4.69, 9.17) is 5.11 Å². The molecule has 0 fully saturated rings. The van der Waals surface area contributed by atoms with Crippen molar-refractivity contribution in [2.24, 2.45) is 0 Å². The topological polar surface area (TPSA) is 137 Å². The number of halogens is 1. The number of hydrogen-bond acceptors (Lipinski definition) is 5. The quantitative estimate of drug-likeness (QED) is 0.320. The van der Waals surface area contributed by atoms with Crippen LogP contribution in [0.2, 0.25) is 0 Å². The zero-order valence-electron chi connectivity index (χ0n) is 19.1. The van der Waals surface area contributed by atoms with Crippen LogP contribution in [0.25, 0.3) is 0 Å². The Hall–Kier alpha value is -3.95. The molecule has 34 heavy (non-hydrogen) atoms. The van der Waals surface area contributed by atoms with E-state index in [1.807, 2.05) is 6.07 Å². The third-order valence-electron chi connectivity index (χ3n) is 5.18. The summed E-state index contributed by atoms with van der Waals surface area (Å²) in [6, 6.07) is 12.8. The van der Waals surface area contributed by atoms with Gasteiger partial charge in [-0.3, -0.25) is 19.2 Å². The van der Waals surface area contributed by atoms with Crippen LogP contribution < -0.4 is 21.3 Å². The summed E-state index contributed by atoms with van der Waals surface area (Å²) in [6.07, 6.45) is 0.478. The summed E-state index contributed by atoms with van der Waals surface area (Å²) in [5.74, 6) is -3.30. The van der Waals surface area contributed by atoms with Crippen LogP contribution in [0, 0.1) is 12.7 Å². The van der Waals surface area contributed by atoms with Crippen molar-refractivity contribution >= 4 is 29.4 Å². The van der Waals surface area contributed by atoms with E-state index in [0.29, 0.717) is 17.7 Å². The Bertz CT molecular complexity index is 1010. The summed E-state index contributed by atoms with van der Waals surface area (Å²) in [7, 11) is 0. The number of anilines is 1. The van der Waals surface area contributed by atoms with Crippen molar-refractivity contribution in [3.63, 3.8) is 0 Å². The number of aryl methyl sites for hydroxylation is 1. The summed E-state index contributed by atoms with van der Waals surface area (Å²) in [5, 5.41) is 19.5. The predicted molar refractivity (Wildman–Crippen MR) is 125 cm³/mol. The van der Waals surface area contributed by atoms with E-state index in [-0.39, 0.29) is 25.1 Å². The van der Waals surface area contributed by atoms with Crippen molar-refractivity contribution in [1.29, 1.82) is 0 Å². The molecule has 2 rings (SSSR count). The van der Waals surface area contributed by atoms with Gasteiger partial charge in [0.15, 0.2) is 0 Å². The van der Waals surface area contributed by atoms with Gasteiger partial charge in [0.1, 0.15) is 17.9 Å². The number of carbonyl (C=O) groups is 4. The maximum absolute atomic E-state index is 13.5. The Kier molecular flexibility index (Phi) is 9.54. The number of rotatable bonds is 12. The van der Waals surface area contributed by atoms with E-state index in [0.717, 1.165) is 6.07 Å². The van der Waals surface area contributed by atoms with Gasteiger partial charge in [0, 0.05) is 17.8 Å². The molecule has 3 amide bonds. The van der Waals surface area contributed by atoms with Gasteiger partial charge in [0.25, 0.3) is 5.91 Å². The van der Waals surface area contributed by atoms with Gasteiger partial charge < -0.3 is 26.4 Å². The Morgan fingerprint density at radius 2 is 1.68 bits per heavy atom. The molecule has 0 saturated heterocycles. The number of carboxylic acid groups (broad SMARTS) is 1. The Balaban J connectivity index is 1.97. The lowest BCUT2D eigenvalue weighted by atomic mass is 9.90. The van der Waals surface area contributed by atoms with Gasteiger partial charge in [-0.1, -0.05) is 25.1 Å². The molecule has 9 nitrogen and oxygen atoms in total. The molecule has 182 valence electrons. The van der Waals surface area contributed by atoms with Crippen LogP contribution in [0.15, 0.2) is 48.5 Å². The maximum atomic E-state index is 13.5. The number of carboxylic acids is 1. The van der Waals surface area contributed by atoms with E-state index in [1.54, 1.807) is 38.1 Å². The number of nitrogens with one attached hydrogen (secondary N) is 4. The number of aliphatic carboxylic acids is 1. The van der Waals surface area contributed by atoms with Gasteiger partial charge in [-0.05, 0) is 55.7 Å². The fraction of sp³-hybridized carbons (Fsp3) is 0.333. The van der Waals surface area contributed by atoms with Crippen molar-refractivity contribution in [1.82, 2.24) is 16.0 Å². The molecule has 10 heteroatoms. The average molecular weight is 473 g/mol. The van der Waals surface area contributed by atoms with Gasteiger partial charge in [-0.25, -0.2) is 4.39 Å². The van der Waals surface area contributed by atoms with Gasteiger partial charge in [0.2, 0.25) is 11.8 Å². The number of hydrogen-bond donors (Lipinski definition) is 5.